The lowest BCUT2D eigenvalue weighted by Gasteiger charge is -2.12. The molecular formula is C20H19FN2O5S2. The smallest absolute Gasteiger partial charge is 0.284 e. The SMILES string of the molecule is CCN1C(=O)C(=Cc2ccc(OC)c(OC)c2)SC1=NS(=O)(=O)c1ccc(F)cc1. The van der Waals surface area contributed by atoms with E-state index in [9.17, 15) is 17.6 Å². The number of hydrogen-bond donors (Lipinski definition) is 0. The zero-order valence-corrected chi connectivity index (χ0v) is 18.1. The van der Waals surface area contributed by atoms with Gasteiger partial charge in [0, 0.05) is 6.54 Å². The largest absolute Gasteiger partial charge is 0.493 e. The standard InChI is InChI=1S/C20H19FN2O5S2/c1-4-23-19(24)18(12-13-5-10-16(27-2)17(11-13)28-3)29-20(23)22-30(25,26)15-8-6-14(21)7-9-15/h5-12H,4H2,1-3H3. The summed E-state index contributed by atoms with van der Waals surface area (Å²) >= 11 is 0.957. The molecule has 0 saturated carbocycles. The fourth-order valence-electron chi connectivity index (χ4n) is 2.71. The number of amides is 1. The molecule has 0 bridgehead atoms. The fourth-order valence-corrected chi connectivity index (χ4v) is 4.96. The van der Waals surface area contributed by atoms with Crippen LogP contribution in [0, 0.1) is 5.82 Å². The summed E-state index contributed by atoms with van der Waals surface area (Å²) in [5, 5.41) is 0.0403. The zero-order valence-electron chi connectivity index (χ0n) is 16.5. The summed E-state index contributed by atoms with van der Waals surface area (Å²) in [4.78, 5) is 14.2. The topological polar surface area (TPSA) is 85.3 Å². The summed E-state index contributed by atoms with van der Waals surface area (Å²) in [6, 6.07) is 9.52. The van der Waals surface area contributed by atoms with E-state index in [0.717, 1.165) is 36.0 Å². The van der Waals surface area contributed by atoms with Crippen LogP contribution in [0.2, 0.25) is 0 Å². The first-order valence-corrected chi connectivity index (χ1v) is 11.1. The Hall–Kier alpha value is -2.85. The summed E-state index contributed by atoms with van der Waals surface area (Å²) < 4.78 is 52.5. The molecular weight excluding hydrogens is 431 g/mol. The van der Waals surface area contributed by atoms with Gasteiger partial charge < -0.3 is 9.47 Å². The number of halogens is 1. The third-order valence-corrected chi connectivity index (χ3v) is 6.62. The molecule has 0 N–H and O–H groups in total. The van der Waals surface area contributed by atoms with Crippen LogP contribution in [-0.2, 0) is 14.8 Å². The van der Waals surface area contributed by atoms with Crippen molar-refractivity contribution in [3.05, 3.63) is 58.8 Å². The van der Waals surface area contributed by atoms with Crippen molar-refractivity contribution in [3.8, 4) is 11.5 Å². The molecule has 0 spiro atoms. The molecule has 1 amide bonds. The summed E-state index contributed by atoms with van der Waals surface area (Å²) in [5.74, 6) is 0.142. The fraction of sp³-hybridized carbons (Fsp3) is 0.200. The molecule has 1 saturated heterocycles. The molecule has 2 aromatic rings. The Kier molecular flexibility index (Phi) is 6.47. The third kappa shape index (κ3) is 4.49. The maximum atomic E-state index is 13.1. The van der Waals surface area contributed by atoms with Gasteiger partial charge in [-0.05, 0) is 66.7 Å². The maximum absolute atomic E-state index is 13.1. The second-order valence-electron chi connectivity index (χ2n) is 6.08. The van der Waals surface area contributed by atoms with Gasteiger partial charge >= 0.3 is 0 Å². The van der Waals surface area contributed by atoms with Crippen LogP contribution in [0.15, 0.2) is 56.7 Å². The molecule has 0 radical (unpaired) electrons. The number of hydrogen-bond acceptors (Lipinski definition) is 6. The van der Waals surface area contributed by atoms with Crippen LogP contribution in [0.3, 0.4) is 0 Å². The monoisotopic (exact) mass is 450 g/mol. The number of rotatable bonds is 6. The zero-order chi connectivity index (χ0) is 21.9. The van der Waals surface area contributed by atoms with Gasteiger partial charge in [-0.15, -0.1) is 4.40 Å². The Balaban J connectivity index is 1.96. The maximum Gasteiger partial charge on any atom is 0.284 e. The molecule has 1 heterocycles. The van der Waals surface area contributed by atoms with Gasteiger partial charge in [0.2, 0.25) is 0 Å². The number of ether oxygens (including phenoxy) is 2. The summed E-state index contributed by atoms with van der Waals surface area (Å²) in [7, 11) is -1.07. The van der Waals surface area contributed by atoms with Crippen molar-refractivity contribution in [3.63, 3.8) is 0 Å². The Bertz CT molecular complexity index is 1130. The molecule has 0 unspecified atom stereocenters. The van der Waals surface area contributed by atoms with Crippen LogP contribution >= 0.6 is 11.8 Å². The minimum absolute atomic E-state index is 0.0403. The predicted molar refractivity (Wildman–Crippen MR) is 114 cm³/mol. The van der Waals surface area contributed by atoms with Gasteiger partial charge in [0.05, 0.1) is 24.0 Å². The van der Waals surface area contributed by atoms with E-state index in [0.29, 0.717) is 22.0 Å². The molecule has 1 fully saturated rings. The molecule has 10 heteroatoms. The summed E-state index contributed by atoms with van der Waals surface area (Å²) in [6.07, 6.45) is 1.63. The summed E-state index contributed by atoms with van der Waals surface area (Å²) in [6.45, 7) is 1.96. The van der Waals surface area contributed by atoms with E-state index in [1.807, 2.05) is 0 Å². The number of amidine groups is 1. The Morgan fingerprint density at radius 3 is 2.37 bits per heavy atom. The van der Waals surface area contributed by atoms with E-state index in [1.54, 1.807) is 31.2 Å². The number of carbonyl (C=O) groups is 1. The first-order valence-electron chi connectivity index (χ1n) is 8.83. The highest BCUT2D eigenvalue weighted by Gasteiger charge is 2.34. The van der Waals surface area contributed by atoms with Crippen molar-refractivity contribution in [2.75, 3.05) is 20.8 Å². The van der Waals surface area contributed by atoms with Crippen molar-refractivity contribution >= 4 is 38.9 Å². The van der Waals surface area contributed by atoms with E-state index in [-0.39, 0.29) is 22.5 Å². The molecule has 0 atom stereocenters. The van der Waals surface area contributed by atoms with E-state index >= 15 is 0 Å². The van der Waals surface area contributed by atoms with Crippen LogP contribution in [0.25, 0.3) is 6.08 Å². The molecule has 158 valence electrons. The van der Waals surface area contributed by atoms with Crippen molar-refractivity contribution in [1.29, 1.82) is 0 Å². The average molecular weight is 451 g/mol. The van der Waals surface area contributed by atoms with Crippen molar-refractivity contribution < 1.29 is 27.1 Å². The molecule has 0 aromatic heterocycles. The van der Waals surface area contributed by atoms with Crippen LogP contribution in [-0.4, -0.2) is 45.2 Å². The minimum atomic E-state index is -4.10. The molecule has 0 aliphatic carbocycles. The summed E-state index contributed by atoms with van der Waals surface area (Å²) in [5.41, 5.74) is 0.683. The molecule has 30 heavy (non-hydrogen) atoms. The van der Waals surface area contributed by atoms with Gasteiger partial charge in [-0.2, -0.15) is 8.42 Å². The van der Waals surface area contributed by atoms with Crippen molar-refractivity contribution in [1.82, 2.24) is 4.90 Å². The van der Waals surface area contributed by atoms with E-state index in [1.165, 1.54) is 19.1 Å². The van der Waals surface area contributed by atoms with Gasteiger partial charge in [0.15, 0.2) is 16.7 Å². The highest BCUT2D eigenvalue weighted by Crippen LogP contribution is 2.35. The molecule has 2 aromatic carbocycles. The number of nitrogens with zero attached hydrogens (tertiary/aromatic N) is 2. The minimum Gasteiger partial charge on any atom is -0.493 e. The second kappa shape index (κ2) is 8.88. The molecule has 7 nitrogen and oxygen atoms in total. The lowest BCUT2D eigenvalue weighted by atomic mass is 10.2. The number of thioether (sulfide) groups is 1. The third-order valence-electron chi connectivity index (χ3n) is 4.22. The normalized spacial score (nSPS) is 17.1. The Labute approximate surface area is 178 Å². The van der Waals surface area contributed by atoms with Gasteiger partial charge in [0.1, 0.15) is 5.82 Å². The quantitative estimate of drug-likeness (QED) is 0.626. The highest BCUT2D eigenvalue weighted by atomic mass is 32.2. The first kappa shape index (κ1) is 21.8. The number of likely N-dealkylation sites (N-methyl/N-ethyl adjacent to an activating group) is 1. The number of methoxy groups -OCH3 is 2. The van der Waals surface area contributed by atoms with Gasteiger partial charge in [-0.1, -0.05) is 6.07 Å². The highest BCUT2D eigenvalue weighted by molar-refractivity contribution is 8.19. The molecule has 1 aliphatic rings. The van der Waals surface area contributed by atoms with Crippen LogP contribution < -0.4 is 9.47 Å². The van der Waals surface area contributed by atoms with Crippen LogP contribution in [0.5, 0.6) is 11.5 Å². The van der Waals surface area contributed by atoms with E-state index in [2.05, 4.69) is 4.40 Å². The van der Waals surface area contributed by atoms with Crippen LogP contribution in [0.4, 0.5) is 4.39 Å². The lowest BCUT2D eigenvalue weighted by molar-refractivity contribution is -0.122. The van der Waals surface area contributed by atoms with Crippen molar-refractivity contribution in [2.45, 2.75) is 11.8 Å². The van der Waals surface area contributed by atoms with E-state index < -0.39 is 15.8 Å². The Morgan fingerprint density at radius 1 is 1.10 bits per heavy atom. The number of sulfonamides is 1. The second-order valence-corrected chi connectivity index (χ2v) is 8.69. The average Bonchev–Trinajstić information content (AvgIpc) is 3.01. The van der Waals surface area contributed by atoms with Gasteiger partial charge in [-0.3, -0.25) is 9.69 Å². The first-order chi connectivity index (χ1) is 14.3. The van der Waals surface area contributed by atoms with Gasteiger partial charge in [-0.25, -0.2) is 4.39 Å². The van der Waals surface area contributed by atoms with Gasteiger partial charge in [0.25, 0.3) is 15.9 Å². The molecule has 3 rings (SSSR count). The number of carbonyl (C=O) groups excluding carboxylic acids is 1. The van der Waals surface area contributed by atoms with Crippen molar-refractivity contribution in [2.24, 2.45) is 4.40 Å². The molecule has 1 aliphatic heterocycles. The lowest BCUT2D eigenvalue weighted by Crippen LogP contribution is -2.29. The predicted octanol–water partition coefficient (Wildman–Crippen LogP) is 3.52. The van der Waals surface area contributed by atoms with Crippen LogP contribution in [0.1, 0.15) is 12.5 Å². The Morgan fingerprint density at radius 2 is 1.77 bits per heavy atom. The number of benzene rings is 2. The van der Waals surface area contributed by atoms with E-state index in [4.69, 9.17) is 9.47 Å².